The number of aryl methyl sites for hydroxylation is 1. The molecule has 2 aromatic carbocycles. The number of likely N-dealkylation sites (tertiary alicyclic amines) is 1. The van der Waals surface area contributed by atoms with Crippen molar-refractivity contribution in [2.45, 2.75) is 38.3 Å². The highest BCUT2D eigenvalue weighted by Gasteiger charge is 2.39. The molecule has 1 unspecified atom stereocenters. The third-order valence-electron chi connectivity index (χ3n) is 5.17. The Morgan fingerprint density at radius 1 is 1.12 bits per heavy atom. The zero-order valence-corrected chi connectivity index (χ0v) is 13.8. The van der Waals surface area contributed by atoms with Gasteiger partial charge in [-0.3, -0.25) is 4.90 Å². The minimum Gasteiger partial charge on any atom is -0.508 e. The van der Waals surface area contributed by atoms with E-state index in [1.165, 1.54) is 24.5 Å². The molecule has 0 spiro atoms. The lowest BCUT2D eigenvalue weighted by Crippen LogP contribution is -2.38. The molecule has 1 aliphatic carbocycles. The van der Waals surface area contributed by atoms with Gasteiger partial charge in [-0.05, 0) is 74.7 Å². The summed E-state index contributed by atoms with van der Waals surface area (Å²) in [5.74, 6) is 0.184. The Bertz CT molecular complexity index is 755. The molecule has 1 N–H and O–H groups in total. The van der Waals surface area contributed by atoms with Crippen LogP contribution < -0.4 is 4.74 Å². The summed E-state index contributed by atoms with van der Waals surface area (Å²) in [6, 6.07) is 10.7. The Morgan fingerprint density at radius 2 is 1.92 bits per heavy atom. The Balaban J connectivity index is 1.69. The first-order valence-corrected chi connectivity index (χ1v) is 8.60. The van der Waals surface area contributed by atoms with Gasteiger partial charge in [0.2, 0.25) is 0 Å². The average molecular weight is 327 g/mol. The Morgan fingerprint density at radius 3 is 2.67 bits per heavy atom. The van der Waals surface area contributed by atoms with Crippen LogP contribution in [0.4, 0.5) is 4.39 Å². The molecular weight excluding hydrogens is 305 g/mol. The molecule has 2 atom stereocenters. The van der Waals surface area contributed by atoms with Crippen molar-refractivity contribution in [3.8, 4) is 11.5 Å². The van der Waals surface area contributed by atoms with Gasteiger partial charge in [-0.2, -0.15) is 0 Å². The Kier molecular flexibility index (Phi) is 3.93. The van der Waals surface area contributed by atoms with Crippen LogP contribution in [0.2, 0.25) is 0 Å². The molecule has 1 heterocycles. The van der Waals surface area contributed by atoms with E-state index < -0.39 is 0 Å². The lowest BCUT2D eigenvalue weighted by atomic mass is 10.1. The highest BCUT2D eigenvalue weighted by atomic mass is 19.1. The van der Waals surface area contributed by atoms with Crippen molar-refractivity contribution in [3.63, 3.8) is 0 Å². The van der Waals surface area contributed by atoms with Gasteiger partial charge in [0.1, 0.15) is 11.9 Å². The fraction of sp³-hybridized carbons (Fsp3) is 0.400. The summed E-state index contributed by atoms with van der Waals surface area (Å²) >= 11 is 0. The van der Waals surface area contributed by atoms with E-state index in [9.17, 15) is 9.50 Å². The molecule has 0 aromatic heterocycles. The number of benzene rings is 2. The van der Waals surface area contributed by atoms with E-state index in [1.54, 1.807) is 18.2 Å². The molecule has 3 nitrogen and oxygen atoms in total. The Labute approximate surface area is 141 Å². The van der Waals surface area contributed by atoms with Crippen molar-refractivity contribution in [2.75, 3.05) is 13.1 Å². The lowest BCUT2D eigenvalue weighted by Gasteiger charge is -2.30. The zero-order chi connectivity index (χ0) is 16.7. The number of hydrogen-bond donors (Lipinski definition) is 1. The maximum atomic E-state index is 14.3. The van der Waals surface area contributed by atoms with Gasteiger partial charge in [0, 0.05) is 5.56 Å². The van der Waals surface area contributed by atoms with Crippen molar-refractivity contribution >= 4 is 0 Å². The maximum absolute atomic E-state index is 14.3. The van der Waals surface area contributed by atoms with Gasteiger partial charge in [-0.1, -0.05) is 12.1 Å². The second-order valence-corrected chi connectivity index (χ2v) is 6.87. The van der Waals surface area contributed by atoms with Gasteiger partial charge in [-0.25, -0.2) is 4.39 Å². The number of fused-ring (bicyclic) bond motifs is 1. The molecule has 1 aliphatic heterocycles. The molecule has 2 aliphatic rings. The molecule has 0 bridgehead atoms. The van der Waals surface area contributed by atoms with E-state index in [0.717, 1.165) is 30.6 Å². The third kappa shape index (κ3) is 2.75. The van der Waals surface area contributed by atoms with Gasteiger partial charge in [0.25, 0.3) is 0 Å². The normalized spacial score (nSPS) is 23.4. The van der Waals surface area contributed by atoms with E-state index in [2.05, 4.69) is 4.90 Å². The zero-order valence-electron chi connectivity index (χ0n) is 13.8. The summed E-state index contributed by atoms with van der Waals surface area (Å²) < 4.78 is 20.4. The van der Waals surface area contributed by atoms with E-state index >= 15 is 0 Å². The number of phenolic OH excluding ortho intramolecular Hbond substituents is 1. The van der Waals surface area contributed by atoms with E-state index in [-0.39, 0.29) is 29.5 Å². The molecule has 0 saturated carbocycles. The minimum absolute atomic E-state index is 0.199. The van der Waals surface area contributed by atoms with Gasteiger partial charge < -0.3 is 9.84 Å². The fourth-order valence-corrected chi connectivity index (χ4v) is 3.95. The van der Waals surface area contributed by atoms with Crippen LogP contribution in [0.15, 0.2) is 36.4 Å². The second kappa shape index (κ2) is 6.10. The van der Waals surface area contributed by atoms with Gasteiger partial charge in [-0.15, -0.1) is 0 Å². The number of hydrogen-bond acceptors (Lipinski definition) is 3. The van der Waals surface area contributed by atoms with Crippen molar-refractivity contribution in [1.82, 2.24) is 4.90 Å². The first-order chi connectivity index (χ1) is 11.6. The largest absolute Gasteiger partial charge is 0.508 e. The van der Waals surface area contributed by atoms with E-state index in [1.807, 2.05) is 19.1 Å². The number of nitrogens with zero attached hydrogens (tertiary/aromatic N) is 1. The van der Waals surface area contributed by atoms with Crippen molar-refractivity contribution in [1.29, 1.82) is 0 Å². The predicted octanol–water partition coefficient (Wildman–Crippen LogP) is 3.98. The third-order valence-corrected chi connectivity index (χ3v) is 5.17. The average Bonchev–Trinajstić information content (AvgIpc) is 3.18. The summed E-state index contributed by atoms with van der Waals surface area (Å²) in [4.78, 5) is 2.44. The quantitative estimate of drug-likeness (QED) is 0.925. The number of halogens is 1. The summed E-state index contributed by atoms with van der Waals surface area (Å²) in [5.41, 5.74) is 3.04. The van der Waals surface area contributed by atoms with Gasteiger partial charge in [0.05, 0.1) is 6.04 Å². The number of ether oxygens (including phenoxy) is 1. The molecule has 24 heavy (non-hydrogen) atoms. The number of phenols is 1. The number of rotatable bonds is 3. The highest BCUT2D eigenvalue weighted by Crippen LogP contribution is 2.41. The lowest BCUT2D eigenvalue weighted by molar-refractivity contribution is 0.0905. The minimum atomic E-state index is -0.330. The SMILES string of the molecule is Cc1ccc(O[C@H]2c3cc(O)ccc3CC2N2CCCC2)c(F)c1. The first-order valence-electron chi connectivity index (χ1n) is 8.60. The summed E-state index contributed by atoms with van der Waals surface area (Å²) in [6.07, 6.45) is 3.03. The molecule has 0 amide bonds. The predicted molar refractivity (Wildman–Crippen MR) is 90.9 cm³/mol. The van der Waals surface area contributed by atoms with Crippen LogP contribution >= 0.6 is 0 Å². The van der Waals surface area contributed by atoms with E-state index in [0.29, 0.717) is 0 Å². The van der Waals surface area contributed by atoms with E-state index in [4.69, 9.17) is 4.74 Å². The molecule has 1 saturated heterocycles. The van der Waals surface area contributed by atoms with Crippen LogP contribution in [0.5, 0.6) is 11.5 Å². The summed E-state index contributed by atoms with van der Waals surface area (Å²) in [6.45, 7) is 3.98. The standard InChI is InChI=1S/C20H22FNO2/c1-13-4-7-19(17(21)10-13)24-20-16-12-15(23)6-5-14(16)11-18(20)22-8-2-3-9-22/h4-7,10,12,18,20,23H,2-3,8-9,11H2,1H3/t18?,20-/m0/s1. The summed E-state index contributed by atoms with van der Waals surface area (Å²) in [5, 5.41) is 9.88. The number of aromatic hydroxyl groups is 1. The van der Waals surface area contributed by atoms with Crippen molar-refractivity contribution in [3.05, 3.63) is 58.9 Å². The summed E-state index contributed by atoms with van der Waals surface area (Å²) in [7, 11) is 0. The Hall–Kier alpha value is -2.07. The van der Waals surface area contributed by atoms with Crippen LogP contribution in [-0.4, -0.2) is 29.1 Å². The van der Waals surface area contributed by atoms with Gasteiger partial charge in [0.15, 0.2) is 11.6 Å². The smallest absolute Gasteiger partial charge is 0.165 e. The van der Waals surface area contributed by atoms with Crippen LogP contribution in [0.3, 0.4) is 0 Å². The van der Waals surface area contributed by atoms with Crippen LogP contribution in [0, 0.1) is 12.7 Å². The van der Waals surface area contributed by atoms with Crippen molar-refractivity contribution < 1.29 is 14.2 Å². The monoisotopic (exact) mass is 327 g/mol. The topological polar surface area (TPSA) is 32.7 Å². The van der Waals surface area contributed by atoms with Gasteiger partial charge >= 0.3 is 0 Å². The maximum Gasteiger partial charge on any atom is 0.165 e. The highest BCUT2D eigenvalue weighted by molar-refractivity contribution is 5.42. The molecule has 1 fully saturated rings. The second-order valence-electron chi connectivity index (χ2n) is 6.87. The molecule has 0 radical (unpaired) electrons. The van der Waals surface area contributed by atoms with Crippen LogP contribution in [0.25, 0.3) is 0 Å². The van der Waals surface area contributed by atoms with Crippen LogP contribution in [-0.2, 0) is 6.42 Å². The molecule has 2 aromatic rings. The fourth-order valence-electron chi connectivity index (χ4n) is 3.95. The van der Waals surface area contributed by atoms with Crippen LogP contribution in [0.1, 0.15) is 35.6 Å². The first kappa shape index (κ1) is 15.5. The molecular formula is C20H22FNO2. The molecule has 126 valence electrons. The molecule has 4 rings (SSSR count). The molecule has 4 heteroatoms. The van der Waals surface area contributed by atoms with Crippen molar-refractivity contribution in [2.24, 2.45) is 0 Å².